The fraction of sp³-hybridized carbons (Fsp3) is 0.222. The van der Waals surface area contributed by atoms with Gasteiger partial charge in [0.15, 0.2) is 0 Å². The van der Waals surface area contributed by atoms with Crippen LogP contribution in [-0.4, -0.2) is 26.1 Å². The molecule has 2 atom stereocenters. The summed E-state index contributed by atoms with van der Waals surface area (Å²) in [5.74, 6) is -4.80. The number of aliphatic carboxylic acids is 1. The van der Waals surface area contributed by atoms with E-state index in [4.69, 9.17) is 5.11 Å². The summed E-state index contributed by atoms with van der Waals surface area (Å²) in [6.45, 7) is 0. The second-order valence-electron chi connectivity index (χ2n) is 3.11. The van der Waals surface area contributed by atoms with Gasteiger partial charge >= 0.3 is 5.97 Å². The number of hydrogen-bond donors (Lipinski definition) is 1. The summed E-state index contributed by atoms with van der Waals surface area (Å²) < 4.78 is 14.4. The van der Waals surface area contributed by atoms with E-state index in [1.54, 1.807) is 0 Å². The summed E-state index contributed by atoms with van der Waals surface area (Å²) in [5.41, 5.74) is 0. The lowest BCUT2D eigenvalue weighted by Crippen LogP contribution is -2.41. The molecule has 1 N–H and O–H groups in total. The molecule has 0 aromatic carbocycles. The first-order valence-corrected chi connectivity index (χ1v) is 4.29. The van der Waals surface area contributed by atoms with Crippen molar-refractivity contribution in [2.24, 2.45) is 5.92 Å². The lowest BCUT2D eigenvalue weighted by molar-refractivity contribution is -0.147. The lowest BCUT2D eigenvalue weighted by Gasteiger charge is -2.26. The van der Waals surface area contributed by atoms with Gasteiger partial charge in [0, 0.05) is 0 Å². The number of aromatic nitrogens is 3. The van der Waals surface area contributed by atoms with E-state index in [-0.39, 0.29) is 0 Å². The Hall–Kier alpha value is -1.98. The maximum Gasteiger partial charge on any atom is 0.316 e. The van der Waals surface area contributed by atoms with Crippen LogP contribution in [0.2, 0.25) is 0 Å². The molecule has 1 aliphatic carbocycles. The van der Waals surface area contributed by atoms with Gasteiger partial charge in [-0.3, -0.25) is 4.79 Å². The number of rotatable bonds is 2. The Labute approximate surface area is 84.5 Å². The fourth-order valence-corrected chi connectivity index (χ4v) is 1.44. The van der Waals surface area contributed by atoms with E-state index in [1.165, 1.54) is 30.6 Å². The first kappa shape index (κ1) is 9.57. The maximum atomic E-state index is 14.4. The molecule has 1 heterocycles. The van der Waals surface area contributed by atoms with Crippen molar-refractivity contribution in [3.8, 4) is 0 Å². The number of carbonyl (C=O) groups is 1. The van der Waals surface area contributed by atoms with Gasteiger partial charge in [-0.1, -0.05) is 18.2 Å². The Kier molecular flexibility index (Phi) is 2.11. The Morgan fingerprint density at radius 1 is 1.40 bits per heavy atom. The highest BCUT2D eigenvalue weighted by atomic mass is 19.1. The van der Waals surface area contributed by atoms with Crippen molar-refractivity contribution in [1.29, 1.82) is 0 Å². The van der Waals surface area contributed by atoms with Crippen LogP contribution >= 0.6 is 0 Å². The molecule has 1 aromatic heterocycles. The quantitative estimate of drug-likeness (QED) is 0.779. The molecule has 0 saturated carbocycles. The normalized spacial score (nSPS) is 29.3. The minimum Gasteiger partial charge on any atom is -0.481 e. The van der Waals surface area contributed by atoms with Crippen LogP contribution in [0.15, 0.2) is 36.7 Å². The van der Waals surface area contributed by atoms with Crippen LogP contribution in [0.3, 0.4) is 0 Å². The molecule has 0 saturated heterocycles. The molecule has 2 unspecified atom stereocenters. The second-order valence-corrected chi connectivity index (χ2v) is 3.11. The molecule has 0 fully saturated rings. The van der Waals surface area contributed by atoms with E-state index in [0.29, 0.717) is 0 Å². The number of carboxylic acid groups (broad SMARTS) is 1. The minimum atomic E-state index is -2.23. The molecule has 1 aromatic rings. The summed E-state index contributed by atoms with van der Waals surface area (Å²) in [4.78, 5) is 11.6. The zero-order chi connectivity index (χ0) is 10.9. The number of hydrogen-bond acceptors (Lipinski definition) is 3. The molecule has 0 radical (unpaired) electrons. The third-order valence-corrected chi connectivity index (χ3v) is 2.17. The van der Waals surface area contributed by atoms with Gasteiger partial charge in [0.2, 0.25) is 0 Å². The minimum absolute atomic E-state index is 0.756. The van der Waals surface area contributed by atoms with Crippen molar-refractivity contribution in [2.45, 2.75) is 5.79 Å². The van der Waals surface area contributed by atoms with Crippen LogP contribution in [0.5, 0.6) is 0 Å². The standard InChI is InChI=1S/C9H8FN3O2/c10-9(13-11-5-6-12-13)4-2-1-3-7(9)8(14)15/h1-7H,(H,14,15). The lowest BCUT2D eigenvalue weighted by atomic mass is 9.93. The Bertz CT molecular complexity index is 427. The first-order valence-electron chi connectivity index (χ1n) is 4.29. The largest absolute Gasteiger partial charge is 0.481 e. The van der Waals surface area contributed by atoms with Crippen LogP contribution in [0.1, 0.15) is 0 Å². The molecular weight excluding hydrogens is 201 g/mol. The smallest absolute Gasteiger partial charge is 0.316 e. The third-order valence-electron chi connectivity index (χ3n) is 2.17. The van der Waals surface area contributed by atoms with Gasteiger partial charge in [-0.2, -0.15) is 10.2 Å². The van der Waals surface area contributed by atoms with Crippen LogP contribution in [0.25, 0.3) is 0 Å². The zero-order valence-corrected chi connectivity index (χ0v) is 7.62. The second kappa shape index (κ2) is 3.30. The van der Waals surface area contributed by atoms with Gasteiger partial charge < -0.3 is 5.11 Å². The average Bonchev–Trinajstić information content (AvgIpc) is 2.71. The summed E-state index contributed by atoms with van der Waals surface area (Å²) in [6, 6.07) is 0. The Morgan fingerprint density at radius 3 is 2.67 bits per heavy atom. The summed E-state index contributed by atoms with van der Waals surface area (Å²) in [6.07, 6.45) is 7.92. The predicted molar refractivity (Wildman–Crippen MR) is 48.5 cm³/mol. The molecule has 5 nitrogen and oxygen atoms in total. The van der Waals surface area contributed by atoms with Crippen molar-refractivity contribution in [3.05, 3.63) is 36.7 Å². The molecule has 0 spiro atoms. The molecule has 2 rings (SSSR count). The van der Waals surface area contributed by atoms with E-state index in [1.807, 2.05) is 0 Å². The van der Waals surface area contributed by atoms with Gasteiger partial charge in [0.25, 0.3) is 5.79 Å². The molecule has 0 bridgehead atoms. The molecular formula is C9H8FN3O2. The van der Waals surface area contributed by atoms with Gasteiger partial charge in [0.1, 0.15) is 5.92 Å². The van der Waals surface area contributed by atoms with E-state index >= 15 is 0 Å². The van der Waals surface area contributed by atoms with Crippen LogP contribution in [0.4, 0.5) is 4.39 Å². The molecule has 1 aliphatic rings. The SMILES string of the molecule is O=C(O)C1C=CC=CC1(F)n1nccn1. The predicted octanol–water partition coefficient (Wildman–Crippen LogP) is 0.727. The molecule has 0 amide bonds. The molecule has 15 heavy (non-hydrogen) atoms. The van der Waals surface area contributed by atoms with E-state index in [9.17, 15) is 9.18 Å². The Balaban J connectivity index is 2.45. The number of carboxylic acids is 1. The van der Waals surface area contributed by atoms with Crippen molar-refractivity contribution in [1.82, 2.24) is 15.0 Å². The van der Waals surface area contributed by atoms with Crippen LogP contribution < -0.4 is 0 Å². The number of allylic oxidation sites excluding steroid dienone is 3. The fourth-order valence-electron chi connectivity index (χ4n) is 1.44. The molecule has 6 heteroatoms. The zero-order valence-electron chi connectivity index (χ0n) is 7.62. The maximum absolute atomic E-state index is 14.4. The number of halogens is 1. The third kappa shape index (κ3) is 1.43. The van der Waals surface area contributed by atoms with Gasteiger partial charge in [0.05, 0.1) is 12.4 Å². The van der Waals surface area contributed by atoms with Crippen molar-refractivity contribution >= 4 is 5.97 Å². The summed E-state index contributed by atoms with van der Waals surface area (Å²) in [7, 11) is 0. The van der Waals surface area contributed by atoms with Crippen LogP contribution in [-0.2, 0) is 10.6 Å². The molecule has 0 aliphatic heterocycles. The summed E-state index contributed by atoms with van der Waals surface area (Å²) >= 11 is 0. The van der Waals surface area contributed by atoms with Crippen molar-refractivity contribution in [2.75, 3.05) is 0 Å². The first-order chi connectivity index (χ1) is 7.14. The van der Waals surface area contributed by atoms with E-state index < -0.39 is 17.7 Å². The van der Waals surface area contributed by atoms with E-state index in [0.717, 1.165) is 10.9 Å². The highest BCUT2D eigenvalue weighted by Crippen LogP contribution is 2.32. The average molecular weight is 209 g/mol. The van der Waals surface area contributed by atoms with Crippen LogP contribution in [0, 0.1) is 5.92 Å². The van der Waals surface area contributed by atoms with E-state index in [2.05, 4.69) is 10.2 Å². The van der Waals surface area contributed by atoms with Crippen molar-refractivity contribution in [3.63, 3.8) is 0 Å². The molecule has 78 valence electrons. The Morgan fingerprint density at radius 2 is 2.07 bits per heavy atom. The summed E-state index contributed by atoms with van der Waals surface area (Å²) in [5, 5.41) is 16.1. The highest BCUT2D eigenvalue weighted by Gasteiger charge is 2.44. The topological polar surface area (TPSA) is 68.0 Å². The number of alkyl halides is 1. The monoisotopic (exact) mass is 209 g/mol. The van der Waals surface area contributed by atoms with Gasteiger partial charge in [-0.15, -0.1) is 4.80 Å². The van der Waals surface area contributed by atoms with Gasteiger partial charge in [-0.25, -0.2) is 4.39 Å². The highest BCUT2D eigenvalue weighted by molar-refractivity contribution is 5.74. The van der Waals surface area contributed by atoms with Crippen molar-refractivity contribution < 1.29 is 14.3 Å². The van der Waals surface area contributed by atoms with Gasteiger partial charge in [-0.05, 0) is 6.08 Å². The number of nitrogens with zero attached hydrogens (tertiary/aromatic N) is 3.